The minimum absolute atomic E-state index is 0.00617. The van der Waals surface area contributed by atoms with Crippen LogP contribution in [0.25, 0.3) is 5.69 Å². The molecule has 0 bridgehead atoms. The van der Waals surface area contributed by atoms with Crippen LogP contribution in [0.4, 0.5) is 22.0 Å². The Bertz CT molecular complexity index is 718. The summed E-state index contributed by atoms with van der Waals surface area (Å²) in [6, 6.07) is 1.42. The van der Waals surface area contributed by atoms with Gasteiger partial charge in [-0.15, -0.1) is 0 Å². The highest BCUT2D eigenvalue weighted by atomic mass is 35.5. The van der Waals surface area contributed by atoms with Gasteiger partial charge in [0.1, 0.15) is 17.6 Å². The molecule has 0 amide bonds. The number of nitrogens with zero attached hydrogens (tertiary/aromatic N) is 2. The van der Waals surface area contributed by atoms with E-state index in [-0.39, 0.29) is 27.8 Å². The van der Waals surface area contributed by atoms with Gasteiger partial charge < -0.3 is 0 Å². The lowest BCUT2D eigenvalue weighted by Gasteiger charge is -2.12. The van der Waals surface area contributed by atoms with Crippen LogP contribution in [0.5, 0.6) is 0 Å². The number of hydrogen-bond acceptors (Lipinski definition) is 1. The first-order chi connectivity index (χ1) is 10.2. The second-order valence-electron chi connectivity index (χ2n) is 4.89. The smallest absolute Gasteiger partial charge is 0.243 e. The highest BCUT2D eigenvalue weighted by molar-refractivity contribution is 6.37. The van der Waals surface area contributed by atoms with E-state index in [1.807, 2.05) is 0 Å². The maximum atomic E-state index is 13.6. The fraction of sp³-hybridized carbons (Fsp3) is 0.308. The normalized spacial score (nSPS) is 21.2. The third-order valence-corrected chi connectivity index (χ3v) is 3.97. The third-order valence-electron chi connectivity index (χ3n) is 3.39. The predicted octanol–water partition coefficient (Wildman–Crippen LogP) is 5.10. The summed E-state index contributed by atoms with van der Waals surface area (Å²) in [6.07, 6.45) is -6.94. The largest absolute Gasteiger partial charge is 0.416 e. The topological polar surface area (TPSA) is 17.8 Å². The Labute approximate surface area is 131 Å². The van der Waals surface area contributed by atoms with Gasteiger partial charge in [0.05, 0.1) is 15.6 Å². The van der Waals surface area contributed by atoms with Gasteiger partial charge in [-0.05, 0) is 17.7 Å². The number of alkyl halides is 5. The van der Waals surface area contributed by atoms with Gasteiger partial charge in [0.25, 0.3) is 0 Å². The maximum absolute atomic E-state index is 13.6. The van der Waals surface area contributed by atoms with Crippen LogP contribution in [-0.2, 0) is 12.6 Å². The molecular formula is C13H7Cl2F5N2. The summed E-state index contributed by atoms with van der Waals surface area (Å²) in [7, 11) is 0. The molecule has 2 aromatic rings. The van der Waals surface area contributed by atoms with Gasteiger partial charge in [0, 0.05) is 12.6 Å². The Morgan fingerprint density at radius 3 is 2.23 bits per heavy atom. The highest BCUT2D eigenvalue weighted by Crippen LogP contribution is 2.40. The van der Waals surface area contributed by atoms with Gasteiger partial charge in [-0.2, -0.15) is 18.3 Å². The van der Waals surface area contributed by atoms with E-state index < -0.39 is 24.1 Å². The molecule has 3 rings (SSSR count). The van der Waals surface area contributed by atoms with E-state index in [0.717, 1.165) is 4.68 Å². The number of halogens is 7. The summed E-state index contributed by atoms with van der Waals surface area (Å²) < 4.78 is 65.9. The fourth-order valence-corrected chi connectivity index (χ4v) is 3.02. The van der Waals surface area contributed by atoms with Crippen molar-refractivity contribution in [3.05, 3.63) is 45.2 Å². The van der Waals surface area contributed by atoms with Crippen molar-refractivity contribution in [2.24, 2.45) is 0 Å². The van der Waals surface area contributed by atoms with Crippen molar-refractivity contribution in [2.45, 2.75) is 24.9 Å². The Morgan fingerprint density at radius 2 is 1.73 bits per heavy atom. The molecule has 1 heterocycles. The molecule has 0 fully saturated rings. The van der Waals surface area contributed by atoms with E-state index >= 15 is 0 Å². The van der Waals surface area contributed by atoms with Crippen LogP contribution in [0, 0.1) is 0 Å². The molecule has 118 valence electrons. The van der Waals surface area contributed by atoms with Gasteiger partial charge in [-0.3, -0.25) is 0 Å². The zero-order chi connectivity index (χ0) is 16.2. The first kappa shape index (κ1) is 15.6. The molecule has 1 aliphatic carbocycles. The molecule has 0 spiro atoms. The number of fused-ring (bicyclic) bond motifs is 1. The quantitative estimate of drug-likeness (QED) is 0.649. The molecule has 0 unspecified atom stereocenters. The lowest BCUT2D eigenvalue weighted by molar-refractivity contribution is -0.137. The number of aromatic nitrogens is 2. The second kappa shape index (κ2) is 5.09. The van der Waals surface area contributed by atoms with Crippen molar-refractivity contribution in [3.63, 3.8) is 0 Å². The van der Waals surface area contributed by atoms with Crippen LogP contribution in [0.15, 0.2) is 18.3 Å². The van der Waals surface area contributed by atoms with Gasteiger partial charge in [0.2, 0.25) is 0 Å². The molecular weight excluding hydrogens is 350 g/mol. The van der Waals surface area contributed by atoms with Gasteiger partial charge in [0.15, 0.2) is 6.17 Å². The lowest BCUT2D eigenvalue weighted by atomic mass is 10.2. The van der Waals surface area contributed by atoms with Crippen molar-refractivity contribution in [1.29, 1.82) is 0 Å². The summed E-state index contributed by atoms with van der Waals surface area (Å²) in [5, 5.41) is 3.29. The Hall–Kier alpha value is -1.34. The standard InChI is InChI=1S/C13H7Cl2F5N2/c14-7-2-6(13(18,19)20)3-8(15)12(7)22-4-5-1-9(16)10(17)11(5)21-22/h2-4,9-10H,1H2/t9-,10-/m1/s1. The first-order valence-corrected chi connectivity index (χ1v) is 6.87. The van der Waals surface area contributed by atoms with E-state index in [2.05, 4.69) is 5.10 Å². The molecule has 0 radical (unpaired) electrons. The highest BCUT2D eigenvalue weighted by Gasteiger charge is 2.37. The van der Waals surface area contributed by atoms with Crippen molar-refractivity contribution in [1.82, 2.24) is 9.78 Å². The minimum Gasteiger partial charge on any atom is -0.243 e. The van der Waals surface area contributed by atoms with Gasteiger partial charge >= 0.3 is 6.18 Å². The van der Waals surface area contributed by atoms with Crippen LogP contribution >= 0.6 is 23.2 Å². The van der Waals surface area contributed by atoms with Gasteiger partial charge in [-0.25, -0.2) is 13.5 Å². The first-order valence-electron chi connectivity index (χ1n) is 6.11. The predicted molar refractivity (Wildman–Crippen MR) is 71.0 cm³/mol. The molecule has 9 heteroatoms. The van der Waals surface area contributed by atoms with Crippen molar-refractivity contribution in [2.75, 3.05) is 0 Å². The molecule has 0 N–H and O–H groups in total. The average Bonchev–Trinajstić information content (AvgIpc) is 2.89. The Balaban J connectivity index is 2.07. The number of hydrogen-bond donors (Lipinski definition) is 0. The van der Waals surface area contributed by atoms with Gasteiger partial charge in [-0.1, -0.05) is 23.2 Å². The zero-order valence-electron chi connectivity index (χ0n) is 10.6. The molecule has 1 aromatic carbocycles. The average molecular weight is 357 g/mol. The molecule has 0 aliphatic heterocycles. The molecule has 0 saturated heterocycles. The van der Waals surface area contributed by atoms with Crippen LogP contribution in [-0.4, -0.2) is 16.0 Å². The van der Waals surface area contributed by atoms with E-state index in [9.17, 15) is 22.0 Å². The van der Waals surface area contributed by atoms with Crippen molar-refractivity contribution < 1.29 is 22.0 Å². The van der Waals surface area contributed by atoms with E-state index in [4.69, 9.17) is 23.2 Å². The lowest BCUT2D eigenvalue weighted by Crippen LogP contribution is -2.08. The van der Waals surface area contributed by atoms with Crippen LogP contribution in [0.2, 0.25) is 10.0 Å². The molecule has 2 nitrogen and oxygen atoms in total. The molecule has 1 aliphatic rings. The number of rotatable bonds is 1. The third kappa shape index (κ3) is 2.46. The number of benzene rings is 1. The van der Waals surface area contributed by atoms with Crippen LogP contribution in [0.1, 0.15) is 23.0 Å². The van der Waals surface area contributed by atoms with E-state index in [1.165, 1.54) is 6.20 Å². The Morgan fingerprint density at radius 1 is 1.14 bits per heavy atom. The summed E-state index contributed by atoms with van der Waals surface area (Å²) in [5.74, 6) is 0. The maximum Gasteiger partial charge on any atom is 0.416 e. The van der Waals surface area contributed by atoms with E-state index in [0.29, 0.717) is 17.7 Å². The van der Waals surface area contributed by atoms with E-state index in [1.54, 1.807) is 0 Å². The second-order valence-corrected chi connectivity index (χ2v) is 5.71. The zero-order valence-corrected chi connectivity index (χ0v) is 12.1. The molecule has 1 aromatic heterocycles. The molecule has 0 saturated carbocycles. The van der Waals surface area contributed by atoms with Crippen LogP contribution < -0.4 is 0 Å². The van der Waals surface area contributed by atoms with Crippen molar-refractivity contribution in [3.8, 4) is 5.69 Å². The summed E-state index contributed by atoms with van der Waals surface area (Å²) in [4.78, 5) is 0. The molecule has 22 heavy (non-hydrogen) atoms. The monoisotopic (exact) mass is 356 g/mol. The summed E-state index contributed by atoms with van der Waals surface area (Å²) >= 11 is 11.7. The fourth-order valence-electron chi connectivity index (χ4n) is 2.36. The van der Waals surface area contributed by atoms with Crippen molar-refractivity contribution >= 4 is 23.2 Å². The Kier molecular flexibility index (Phi) is 3.60. The SMILES string of the molecule is F[C@@H]1Cc2cn(-c3c(Cl)cc(C(F)(F)F)cc3Cl)nc2[C@@H]1F. The summed E-state index contributed by atoms with van der Waals surface area (Å²) in [5.41, 5.74) is -0.752. The molecule has 2 atom stereocenters. The van der Waals surface area contributed by atoms with Crippen LogP contribution in [0.3, 0.4) is 0 Å². The summed E-state index contributed by atoms with van der Waals surface area (Å²) in [6.45, 7) is 0. The minimum atomic E-state index is -4.59.